The van der Waals surface area contributed by atoms with Gasteiger partial charge in [0.05, 0.1) is 30.4 Å². The van der Waals surface area contributed by atoms with Gasteiger partial charge in [0.1, 0.15) is 0 Å². The monoisotopic (exact) mass is 289 g/mol. The molecule has 2 N–H and O–H groups in total. The Labute approximate surface area is 116 Å². The molecule has 0 atom stereocenters. The maximum Gasteiger partial charge on any atom is 0.252 e. The number of benzene rings is 1. The normalized spacial score (nSPS) is 10.4. The number of halogens is 1. The molecule has 100 valence electrons. The highest BCUT2D eigenvalue weighted by Crippen LogP contribution is 2.22. The van der Waals surface area contributed by atoms with Gasteiger partial charge in [-0.2, -0.15) is 0 Å². The number of carbonyl (C=O) groups is 1. The number of nitrogens with one attached hydrogen (secondary N) is 1. The number of rotatable bonds is 7. The van der Waals surface area contributed by atoms with Gasteiger partial charge in [0.2, 0.25) is 0 Å². The number of aliphatic hydroxyl groups excluding tert-OH is 1. The van der Waals surface area contributed by atoms with Crippen molar-refractivity contribution in [2.24, 2.45) is 0 Å². The zero-order valence-corrected chi connectivity index (χ0v) is 11.7. The third kappa shape index (κ3) is 4.86. The summed E-state index contributed by atoms with van der Waals surface area (Å²) in [5, 5.41) is 11.7. The van der Waals surface area contributed by atoms with Crippen molar-refractivity contribution in [3.8, 4) is 0 Å². The molecule has 0 heterocycles. The van der Waals surface area contributed by atoms with Crippen LogP contribution in [0.2, 0.25) is 5.02 Å². The van der Waals surface area contributed by atoms with Crippen molar-refractivity contribution in [3.63, 3.8) is 0 Å². The third-order valence-corrected chi connectivity index (χ3v) is 3.24. The van der Waals surface area contributed by atoms with E-state index in [1.54, 1.807) is 23.9 Å². The Morgan fingerprint density at radius 2 is 2.28 bits per heavy atom. The van der Waals surface area contributed by atoms with E-state index in [9.17, 15) is 4.79 Å². The molecule has 0 aliphatic carbocycles. The Bertz CT molecular complexity index is 401. The summed E-state index contributed by atoms with van der Waals surface area (Å²) >= 11 is 7.53. The zero-order valence-electron chi connectivity index (χ0n) is 10.1. The molecule has 1 aromatic rings. The van der Waals surface area contributed by atoms with Crippen molar-refractivity contribution in [1.29, 1.82) is 0 Å². The number of ether oxygens (including phenoxy) is 1. The number of hydrogen-bond acceptors (Lipinski definition) is 4. The molecule has 6 heteroatoms. The molecular formula is C12H16ClNO3S. The van der Waals surface area contributed by atoms with Crippen LogP contribution in [0, 0.1) is 0 Å². The first-order valence-electron chi connectivity index (χ1n) is 5.49. The van der Waals surface area contributed by atoms with Crippen molar-refractivity contribution < 1.29 is 14.6 Å². The van der Waals surface area contributed by atoms with Crippen LogP contribution in [-0.2, 0) is 4.74 Å². The van der Waals surface area contributed by atoms with Crippen molar-refractivity contribution in [2.75, 3.05) is 32.6 Å². The molecule has 4 nitrogen and oxygen atoms in total. The van der Waals surface area contributed by atoms with Crippen LogP contribution in [0.5, 0.6) is 0 Å². The molecule has 0 unspecified atom stereocenters. The number of carbonyl (C=O) groups excluding carboxylic acids is 1. The van der Waals surface area contributed by atoms with Gasteiger partial charge in [-0.3, -0.25) is 4.79 Å². The fraction of sp³-hybridized carbons (Fsp3) is 0.417. The highest BCUT2D eigenvalue weighted by Gasteiger charge is 2.10. The molecule has 0 radical (unpaired) electrons. The van der Waals surface area contributed by atoms with Crippen LogP contribution < -0.4 is 5.32 Å². The molecule has 0 spiro atoms. The summed E-state index contributed by atoms with van der Waals surface area (Å²) in [6, 6.07) is 5.34. The largest absolute Gasteiger partial charge is 0.394 e. The maximum atomic E-state index is 11.9. The first-order chi connectivity index (χ1) is 8.69. The fourth-order valence-corrected chi connectivity index (χ4v) is 1.95. The van der Waals surface area contributed by atoms with Crippen LogP contribution in [0.25, 0.3) is 0 Å². The van der Waals surface area contributed by atoms with E-state index in [0.29, 0.717) is 23.7 Å². The molecule has 0 fully saturated rings. The van der Waals surface area contributed by atoms with Gasteiger partial charge in [0, 0.05) is 11.4 Å². The van der Waals surface area contributed by atoms with Gasteiger partial charge in [-0.1, -0.05) is 11.6 Å². The second-order valence-electron chi connectivity index (χ2n) is 3.44. The fourth-order valence-electron chi connectivity index (χ4n) is 1.30. The SMILES string of the molecule is CSc1ccc(Cl)c(C(=O)NCCOCCO)c1. The van der Waals surface area contributed by atoms with Crippen molar-refractivity contribution in [3.05, 3.63) is 28.8 Å². The van der Waals surface area contributed by atoms with Crippen molar-refractivity contribution in [1.82, 2.24) is 5.32 Å². The second-order valence-corrected chi connectivity index (χ2v) is 4.72. The Hall–Kier alpha value is -0.750. The van der Waals surface area contributed by atoms with E-state index in [0.717, 1.165) is 4.90 Å². The predicted octanol–water partition coefficient (Wildman–Crippen LogP) is 1.80. The first kappa shape index (κ1) is 15.3. The quantitative estimate of drug-likeness (QED) is 0.594. The van der Waals surface area contributed by atoms with E-state index < -0.39 is 0 Å². The predicted molar refractivity (Wildman–Crippen MR) is 73.5 cm³/mol. The summed E-state index contributed by atoms with van der Waals surface area (Å²) in [5.41, 5.74) is 0.464. The minimum Gasteiger partial charge on any atom is -0.394 e. The second kappa shape index (κ2) is 8.37. The van der Waals surface area contributed by atoms with Gasteiger partial charge in [0.25, 0.3) is 5.91 Å². The van der Waals surface area contributed by atoms with Gasteiger partial charge >= 0.3 is 0 Å². The number of hydrogen-bond donors (Lipinski definition) is 2. The van der Waals surface area contributed by atoms with Crippen molar-refractivity contribution >= 4 is 29.3 Å². The van der Waals surface area contributed by atoms with E-state index in [-0.39, 0.29) is 19.1 Å². The van der Waals surface area contributed by atoms with Crippen LogP contribution in [0.3, 0.4) is 0 Å². The third-order valence-electron chi connectivity index (χ3n) is 2.19. The number of amides is 1. The van der Waals surface area contributed by atoms with E-state index in [1.807, 2.05) is 12.3 Å². The molecule has 0 aliphatic rings. The van der Waals surface area contributed by atoms with Crippen LogP contribution in [0.4, 0.5) is 0 Å². The Morgan fingerprint density at radius 3 is 2.94 bits per heavy atom. The lowest BCUT2D eigenvalue weighted by molar-refractivity contribution is 0.0838. The molecule has 0 aliphatic heterocycles. The molecule has 1 aromatic carbocycles. The highest BCUT2D eigenvalue weighted by molar-refractivity contribution is 7.98. The summed E-state index contributed by atoms with van der Waals surface area (Å²) in [7, 11) is 0. The zero-order chi connectivity index (χ0) is 13.4. The van der Waals surface area contributed by atoms with Crippen LogP contribution in [-0.4, -0.2) is 43.6 Å². The molecular weight excluding hydrogens is 274 g/mol. The van der Waals surface area contributed by atoms with E-state index in [4.69, 9.17) is 21.4 Å². The van der Waals surface area contributed by atoms with Crippen LogP contribution >= 0.6 is 23.4 Å². The Kier molecular flexibility index (Phi) is 7.12. The number of thioether (sulfide) groups is 1. The molecule has 0 saturated carbocycles. The Balaban J connectivity index is 2.50. The summed E-state index contributed by atoms with van der Waals surface area (Å²) in [4.78, 5) is 12.8. The summed E-state index contributed by atoms with van der Waals surface area (Å²) in [6.07, 6.45) is 1.94. The lowest BCUT2D eigenvalue weighted by Crippen LogP contribution is -2.27. The van der Waals surface area contributed by atoms with Gasteiger partial charge in [-0.05, 0) is 24.5 Å². The standard InChI is InChI=1S/C12H16ClNO3S/c1-18-9-2-3-11(13)10(8-9)12(16)14-4-6-17-7-5-15/h2-3,8,15H,4-7H2,1H3,(H,14,16). The van der Waals surface area contributed by atoms with E-state index in [1.165, 1.54) is 0 Å². The van der Waals surface area contributed by atoms with E-state index in [2.05, 4.69) is 5.32 Å². The van der Waals surface area contributed by atoms with Gasteiger partial charge < -0.3 is 15.2 Å². The first-order valence-corrected chi connectivity index (χ1v) is 7.09. The highest BCUT2D eigenvalue weighted by atomic mass is 35.5. The van der Waals surface area contributed by atoms with Crippen LogP contribution in [0.15, 0.2) is 23.1 Å². The maximum absolute atomic E-state index is 11.9. The number of aliphatic hydroxyl groups is 1. The lowest BCUT2D eigenvalue weighted by atomic mass is 10.2. The molecule has 18 heavy (non-hydrogen) atoms. The molecule has 1 amide bonds. The molecule has 1 rings (SSSR count). The topological polar surface area (TPSA) is 58.6 Å². The van der Waals surface area contributed by atoms with E-state index >= 15 is 0 Å². The average molecular weight is 290 g/mol. The molecule has 0 saturated heterocycles. The smallest absolute Gasteiger partial charge is 0.252 e. The van der Waals surface area contributed by atoms with Gasteiger partial charge in [-0.15, -0.1) is 11.8 Å². The summed E-state index contributed by atoms with van der Waals surface area (Å²) in [5.74, 6) is -0.219. The lowest BCUT2D eigenvalue weighted by Gasteiger charge is -2.08. The molecule has 0 aromatic heterocycles. The minimum atomic E-state index is -0.219. The summed E-state index contributed by atoms with van der Waals surface area (Å²) in [6.45, 7) is 1.01. The van der Waals surface area contributed by atoms with Gasteiger partial charge in [-0.25, -0.2) is 0 Å². The van der Waals surface area contributed by atoms with Crippen molar-refractivity contribution in [2.45, 2.75) is 4.90 Å². The Morgan fingerprint density at radius 1 is 1.50 bits per heavy atom. The minimum absolute atomic E-state index is 0.0183. The molecule has 0 bridgehead atoms. The van der Waals surface area contributed by atoms with Crippen LogP contribution in [0.1, 0.15) is 10.4 Å². The van der Waals surface area contributed by atoms with Gasteiger partial charge in [0.15, 0.2) is 0 Å². The summed E-state index contributed by atoms with van der Waals surface area (Å²) < 4.78 is 5.04. The average Bonchev–Trinajstić information content (AvgIpc) is 2.39.